The van der Waals surface area contributed by atoms with Gasteiger partial charge in [-0.2, -0.15) is 0 Å². The summed E-state index contributed by atoms with van der Waals surface area (Å²) in [6.45, 7) is 0.814. The summed E-state index contributed by atoms with van der Waals surface area (Å²) in [6.07, 6.45) is 0.672. The molecular weight excluding hydrogens is 118 g/mol. The van der Waals surface area contributed by atoms with E-state index in [0.717, 1.165) is 5.84 Å². The lowest BCUT2D eigenvalue weighted by Gasteiger charge is -1.94. The molecule has 0 fully saturated rings. The minimum absolute atomic E-state index is 0.0292. The molecule has 1 aliphatic heterocycles. The summed E-state index contributed by atoms with van der Waals surface area (Å²) >= 11 is 0. The van der Waals surface area contributed by atoms with Crippen molar-refractivity contribution in [3.05, 3.63) is 0 Å². The number of carbonyl (C=O) groups is 1. The Labute approximate surface area is 53.1 Å². The highest BCUT2D eigenvalue weighted by atomic mass is 16.2. The number of amidine groups is 1. The highest BCUT2D eigenvalue weighted by Gasteiger charge is 2.10. The van der Waals surface area contributed by atoms with Crippen molar-refractivity contribution in [2.75, 3.05) is 13.1 Å². The van der Waals surface area contributed by atoms with Gasteiger partial charge in [-0.1, -0.05) is 0 Å². The average molecular weight is 127 g/mol. The predicted octanol–water partition coefficient (Wildman–Crippen LogP) is -1.14. The van der Waals surface area contributed by atoms with Crippen LogP contribution in [0.2, 0.25) is 0 Å². The third-order valence-electron chi connectivity index (χ3n) is 1.08. The van der Waals surface area contributed by atoms with Crippen LogP contribution in [0, 0.1) is 0 Å². The number of carbonyl (C=O) groups excluding carboxylic acids is 1. The lowest BCUT2D eigenvalue weighted by atomic mass is 10.4. The summed E-state index contributed by atoms with van der Waals surface area (Å²) in [5.41, 5.74) is 5.22. The molecule has 0 saturated heterocycles. The molecule has 1 amide bonds. The molecular formula is C5H9N3O. The molecule has 0 atom stereocenters. The molecule has 0 unspecified atom stereocenters. The van der Waals surface area contributed by atoms with E-state index in [0.29, 0.717) is 13.0 Å². The van der Waals surface area contributed by atoms with E-state index in [1.165, 1.54) is 0 Å². The fourth-order valence-corrected chi connectivity index (χ4v) is 0.686. The zero-order valence-corrected chi connectivity index (χ0v) is 5.05. The van der Waals surface area contributed by atoms with E-state index in [1.54, 1.807) is 0 Å². The zero-order valence-electron chi connectivity index (χ0n) is 5.05. The molecule has 0 aromatic heterocycles. The van der Waals surface area contributed by atoms with Crippen LogP contribution in [-0.4, -0.2) is 24.8 Å². The maximum atomic E-state index is 10.5. The van der Waals surface area contributed by atoms with Gasteiger partial charge in [-0.3, -0.25) is 9.79 Å². The summed E-state index contributed by atoms with van der Waals surface area (Å²) in [4.78, 5) is 14.3. The average Bonchev–Trinajstić information content (AvgIpc) is 2.17. The third-order valence-corrected chi connectivity index (χ3v) is 1.08. The van der Waals surface area contributed by atoms with Gasteiger partial charge in [0.1, 0.15) is 12.4 Å². The molecule has 50 valence electrons. The SMILES string of the molecule is NCCC1=NCC(=O)N1. The van der Waals surface area contributed by atoms with E-state index < -0.39 is 0 Å². The van der Waals surface area contributed by atoms with Crippen molar-refractivity contribution in [2.24, 2.45) is 10.7 Å². The normalized spacial score (nSPS) is 17.4. The summed E-state index contributed by atoms with van der Waals surface area (Å²) < 4.78 is 0. The van der Waals surface area contributed by atoms with Crippen molar-refractivity contribution in [1.29, 1.82) is 0 Å². The zero-order chi connectivity index (χ0) is 6.69. The number of hydrogen-bond acceptors (Lipinski definition) is 3. The molecule has 4 nitrogen and oxygen atoms in total. The van der Waals surface area contributed by atoms with Gasteiger partial charge < -0.3 is 11.1 Å². The first-order chi connectivity index (χ1) is 4.33. The van der Waals surface area contributed by atoms with Crippen LogP contribution in [0.25, 0.3) is 0 Å². The molecule has 0 aromatic carbocycles. The van der Waals surface area contributed by atoms with Crippen molar-refractivity contribution in [3.8, 4) is 0 Å². The van der Waals surface area contributed by atoms with E-state index in [2.05, 4.69) is 10.3 Å². The molecule has 1 rings (SSSR count). The van der Waals surface area contributed by atoms with Crippen LogP contribution in [0.3, 0.4) is 0 Å². The molecule has 0 aliphatic carbocycles. The van der Waals surface area contributed by atoms with E-state index in [-0.39, 0.29) is 12.5 Å². The van der Waals surface area contributed by atoms with E-state index >= 15 is 0 Å². The van der Waals surface area contributed by atoms with Gasteiger partial charge in [-0.25, -0.2) is 0 Å². The van der Waals surface area contributed by atoms with Gasteiger partial charge in [0.15, 0.2) is 0 Å². The molecule has 3 N–H and O–H groups in total. The molecule has 0 saturated carbocycles. The van der Waals surface area contributed by atoms with Gasteiger partial charge in [0.25, 0.3) is 0 Å². The maximum absolute atomic E-state index is 10.5. The monoisotopic (exact) mass is 127 g/mol. The standard InChI is InChI=1S/C5H9N3O/c6-2-1-4-7-3-5(9)8-4/h1-3,6H2,(H,7,8,9). The second-order valence-electron chi connectivity index (χ2n) is 1.85. The maximum Gasteiger partial charge on any atom is 0.246 e. The Balaban J connectivity index is 2.36. The molecule has 0 spiro atoms. The molecule has 1 aliphatic rings. The fraction of sp³-hybridized carbons (Fsp3) is 0.600. The molecule has 0 radical (unpaired) electrons. The Hall–Kier alpha value is -0.900. The number of hydrogen-bond donors (Lipinski definition) is 2. The summed E-state index contributed by atoms with van der Waals surface area (Å²) in [5.74, 6) is 0.695. The van der Waals surface area contributed by atoms with Crippen LogP contribution in [0.4, 0.5) is 0 Å². The van der Waals surface area contributed by atoms with Gasteiger partial charge >= 0.3 is 0 Å². The first-order valence-electron chi connectivity index (χ1n) is 2.86. The molecule has 4 heteroatoms. The third kappa shape index (κ3) is 1.50. The highest BCUT2D eigenvalue weighted by molar-refractivity contribution is 6.03. The van der Waals surface area contributed by atoms with Gasteiger partial charge in [0.05, 0.1) is 0 Å². The van der Waals surface area contributed by atoms with Gasteiger partial charge in [-0.05, 0) is 6.54 Å². The van der Waals surface area contributed by atoms with E-state index in [1.807, 2.05) is 0 Å². The molecule has 0 bridgehead atoms. The quantitative estimate of drug-likeness (QED) is 0.492. The molecule has 9 heavy (non-hydrogen) atoms. The lowest BCUT2D eigenvalue weighted by molar-refractivity contribution is -0.117. The highest BCUT2D eigenvalue weighted by Crippen LogP contribution is 1.89. The number of nitrogens with two attached hydrogens (primary N) is 1. The van der Waals surface area contributed by atoms with Crippen molar-refractivity contribution in [3.63, 3.8) is 0 Å². The minimum atomic E-state index is -0.0292. The van der Waals surface area contributed by atoms with Crippen molar-refractivity contribution in [1.82, 2.24) is 5.32 Å². The Kier molecular flexibility index (Phi) is 1.79. The Morgan fingerprint density at radius 1 is 1.78 bits per heavy atom. The van der Waals surface area contributed by atoms with Gasteiger partial charge in [0.2, 0.25) is 5.91 Å². The van der Waals surface area contributed by atoms with Crippen LogP contribution in [0.1, 0.15) is 6.42 Å². The minimum Gasteiger partial charge on any atom is -0.330 e. The largest absolute Gasteiger partial charge is 0.330 e. The first kappa shape index (κ1) is 6.22. The fourth-order valence-electron chi connectivity index (χ4n) is 0.686. The van der Waals surface area contributed by atoms with E-state index in [9.17, 15) is 4.79 Å². The number of aliphatic imine (C=N–C) groups is 1. The predicted molar refractivity (Wildman–Crippen MR) is 34.1 cm³/mol. The Bertz CT molecular complexity index is 152. The number of nitrogens with one attached hydrogen (secondary N) is 1. The molecule has 0 aromatic rings. The summed E-state index contributed by atoms with van der Waals surface area (Å²) in [5, 5.41) is 2.59. The second-order valence-corrected chi connectivity index (χ2v) is 1.85. The van der Waals surface area contributed by atoms with Crippen LogP contribution < -0.4 is 11.1 Å². The first-order valence-corrected chi connectivity index (χ1v) is 2.86. The number of nitrogens with zero attached hydrogens (tertiary/aromatic N) is 1. The smallest absolute Gasteiger partial charge is 0.246 e. The lowest BCUT2D eigenvalue weighted by Crippen LogP contribution is -2.26. The molecule has 1 heterocycles. The second kappa shape index (κ2) is 2.59. The Morgan fingerprint density at radius 2 is 2.56 bits per heavy atom. The van der Waals surface area contributed by atoms with Gasteiger partial charge in [-0.15, -0.1) is 0 Å². The van der Waals surface area contributed by atoms with Crippen LogP contribution in [0.15, 0.2) is 4.99 Å². The van der Waals surface area contributed by atoms with E-state index in [4.69, 9.17) is 5.73 Å². The van der Waals surface area contributed by atoms with Crippen molar-refractivity contribution < 1.29 is 4.79 Å². The van der Waals surface area contributed by atoms with Gasteiger partial charge in [0, 0.05) is 6.42 Å². The summed E-state index contributed by atoms with van der Waals surface area (Å²) in [7, 11) is 0. The summed E-state index contributed by atoms with van der Waals surface area (Å²) in [6, 6.07) is 0. The van der Waals surface area contributed by atoms with Crippen molar-refractivity contribution >= 4 is 11.7 Å². The van der Waals surface area contributed by atoms with Crippen LogP contribution in [-0.2, 0) is 4.79 Å². The number of amides is 1. The Morgan fingerprint density at radius 3 is 3.00 bits per heavy atom. The van der Waals surface area contributed by atoms with Crippen LogP contribution in [0.5, 0.6) is 0 Å². The van der Waals surface area contributed by atoms with Crippen LogP contribution >= 0.6 is 0 Å². The topological polar surface area (TPSA) is 67.5 Å². The van der Waals surface area contributed by atoms with Crippen molar-refractivity contribution in [2.45, 2.75) is 6.42 Å². The number of rotatable bonds is 2.